The van der Waals surface area contributed by atoms with Gasteiger partial charge in [-0.15, -0.1) is 0 Å². The van der Waals surface area contributed by atoms with Crippen molar-refractivity contribution < 1.29 is 0 Å². The van der Waals surface area contributed by atoms with Gasteiger partial charge in [0.05, 0.1) is 5.41 Å². The number of allylic oxidation sites excluding steroid dienone is 8. The summed E-state index contributed by atoms with van der Waals surface area (Å²) in [4.78, 5) is 7.16. The highest BCUT2D eigenvalue weighted by Gasteiger charge is 2.49. The molecule has 226 valence electrons. The van der Waals surface area contributed by atoms with Gasteiger partial charge in [0, 0.05) is 29.5 Å². The molecule has 0 saturated carbocycles. The first-order valence-electron chi connectivity index (χ1n) is 16.4. The van der Waals surface area contributed by atoms with Crippen LogP contribution in [0.25, 0.3) is 16.7 Å². The van der Waals surface area contributed by atoms with Crippen molar-refractivity contribution >= 4 is 23.2 Å². The molecule has 5 aromatic carbocycles. The van der Waals surface area contributed by atoms with Crippen LogP contribution in [0.3, 0.4) is 0 Å². The van der Waals surface area contributed by atoms with E-state index < -0.39 is 5.41 Å². The van der Waals surface area contributed by atoms with Crippen molar-refractivity contribution in [1.82, 2.24) is 0 Å². The molecule has 5 aromatic rings. The number of benzene rings is 5. The molecular weight excluding hydrogens is 569 g/mol. The van der Waals surface area contributed by atoms with Crippen molar-refractivity contribution in [3.8, 4) is 11.1 Å². The predicted octanol–water partition coefficient (Wildman–Crippen LogP) is 11.2. The number of anilines is 2. The fourth-order valence-corrected chi connectivity index (χ4v) is 7.75. The van der Waals surface area contributed by atoms with Gasteiger partial charge in [-0.25, -0.2) is 0 Å². The molecule has 2 atom stereocenters. The number of rotatable bonds is 6. The topological polar surface area (TPSA) is 15.6 Å². The molecular formula is C45H36N2. The zero-order valence-electron chi connectivity index (χ0n) is 26.5. The molecule has 2 unspecified atom stereocenters. The lowest BCUT2D eigenvalue weighted by Gasteiger charge is -2.48. The van der Waals surface area contributed by atoms with Gasteiger partial charge in [-0.3, -0.25) is 4.99 Å². The Morgan fingerprint density at radius 2 is 1.30 bits per heavy atom. The molecule has 2 heteroatoms. The first-order valence-corrected chi connectivity index (χ1v) is 16.4. The Morgan fingerprint density at radius 3 is 2.02 bits per heavy atom. The summed E-state index contributed by atoms with van der Waals surface area (Å²) in [5, 5.41) is 0. The van der Waals surface area contributed by atoms with E-state index in [1.165, 1.54) is 50.2 Å². The van der Waals surface area contributed by atoms with Crippen molar-refractivity contribution in [3.63, 3.8) is 0 Å². The summed E-state index contributed by atoms with van der Waals surface area (Å²) in [5.41, 5.74) is 13.2. The second-order valence-corrected chi connectivity index (χ2v) is 12.4. The predicted molar refractivity (Wildman–Crippen MR) is 198 cm³/mol. The molecule has 0 amide bonds. The summed E-state index contributed by atoms with van der Waals surface area (Å²) in [6.45, 7) is 2.27. The summed E-state index contributed by atoms with van der Waals surface area (Å²) >= 11 is 0. The van der Waals surface area contributed by atoms with E-state index in [1.54, 1.807) is 0 Å². The number of aliphatic imine (C=N–C) groups is 1. The highest BCUT2D eigenvalue weighted by Crippen LogP contribution is 2.56. The maximum absolute atomic E-state index is 4.79. The van der Waals surface area contributed by atoms with Crippen LogP contribution in [0.2, 0.25) is 0 Å². The van der Waals surface area contributed by atoms with Crippen molar-refractivity contribution in [3.05, 3.63) is 210 Å². The fourth-order valence-electron chi connectivity index (χ4n) is 7.75. The third-order valence-electron chi connectivity index (χ3n) is 9.88. The van der Waals surface area contributed by atoms with Gasteiger partial charge in [0.1, 0.15) is 0 Å². The van der Waals surface area contributed by atoms with E-state index in [4.69, 9.17) is 4.99 Å². The van der Waals surface area contributed by atoms with Gasteiger partial charge < -0.3 is 4.90 Å². The molecule has 0 N–H and O–H groups in total. The number of hydrogen-bond acceptors (Lipinski definition) is 2. The van der Waals surface area contributed by atoms with Gasteiger partial charge in [0.25, 0.3) is 0 Å². The normalized spacial score (nSPS) is 20.4. The van der Waals surface area contributed by atoms with E-state index >= 15 is 0 Å². The van der Waals surface area contributed by atoms with Crippen molar-refractivity contribution in [2.75, 3.05) is 4.90 Å². The molecule has 8 rings (SSSR count). The van der Waals surface area contributed by atoms with Crippen LogP contribution in [0.4, 0.5) is 11.4 Å². The number of para-hydroxylation sites is 1. The maximum atomic E-state index is 4.79. The summed E-state index contributed by atoms with van der Waals surface area (Å²) in [6.07, 6.45) is 16.4. The van der Waals surface area contributed by atoms with Crippen LogP contribution < -0.4 is 4.90 Å². The molecule has 1 aliphatic heterocycles. The van der Waals surface area contributed by atoms with E-state index in [0.29, 0.717) is 0 Å². The summed E-state index contributed by atoms with van der Waals surface area (Å²) in [5.74, 6) is 0.175. The average Bonchev–Trinajstić information content (AvgIpc) is 3.14. The number of nitrogens with zero attached hydrogens (tertiary/aromatic N) is 2. The smallest absolute Gasteiger partial charge is 0.0540 e. The third kappa shape index (κ3) is 4.94. The molecule has 0 aromatic heterocycles. The second kappa shape index (κ2) is 12.2. The highest BCUT2D eigenvalue weighted by molar-refractivity contribution is 5.91. The largest absolute Gasteiger partial charge is 0.311 e. The number of fused-ring (bicyclic) bond motifs is 3. The summed E-state index contributed by atoms with van der Waals surface area (Å²) < 4.78 is 0. The molecule has 2 nitrogen and oxygen atoms in total. The standard InChI is InChI=1S/C45H36N2/c1-33-41-21-13-31-46-32-44(33)45(36-16-7-3-8-17-36,43-22-12-11-20-42(41)43)37-25-29-40(30-26-37)47(38-18-9-4-10-19-38)39-27-23-35(24-28-39)34-14-5-2-6-15-34/h2-25,27-32,37H,26H2,1H3/b21-13-,31-13?,41-21?,44-32?,46-31?,46-32?. The lowest BCUT2D eigenvalue weighted by molar-refractivity contribution is 0.437. The van der Waals surface area contributed by atoms with Crippen LogP contribution in [-0.4, -0.2) is 6.21 Å². The second-order valence-electron chi connectivity index (χ2n) is 12.4. The molecule has 3 aliphatic rings. The Balaban J connectivity index is 1.24. The van der Waals surface area contributed by atoms with Crippen LogP contribution in [0.1, 0.15) is 30.0 Å². The Labute approximate surface area is 277 Å². The summed E-state index contributed by atoms with van der Waals surface area (Å²) in [6, 6.07) is 50.2. The van der Waals surface area contributed by atoms with Crippen LogP contribution >= 0.6 is 0 Å². The van der Waals surface area contributed by atoms with E-state index in [9.17, 15) is 0 Å². The van der Waals surface area contributed by atoms with Gasteiger partial charge in [-0.1, -0.05) is 133 Å². The quantitative estimate of drug-likeness (QED) is 0.188. The average molecular weight is 605 g/mol. The first-order chi connectivity index (χ1) is 23.2. The minimum absolute atomic E-state index is 0.175. The van der Waals surface area contributed by atoms with Gasteiger partial charge in [0.2, 0.25) is 0 Å². The van der Waals surface area contributed by atoms with Crippen molar-refractivity contribution in [1.29, 1.82) is 0 Å². The third-order valence-corrected chi connectivity index (χ3v) is 9.88. The number of hydrogen-bond donors (Lipinski definition) is 0. The molecule has 2 aliphatic carbocycles. The van der Waals surface area contributed by atoms with Crippen LogP contribution in [-0.2, 0) is 5.41 Å². The zero-order valence-corrected chi connectivity index (χ0v) is 26.5. The van der Waals surface area contributed by atoms with Crippen LogP contribution in [0.15, 0.2) is 198 Å². The van der Waals surface area contributed by atoms with Gasteiger partial charge in [-0.2, -0.15) is 0 Å². The van der Waals surface area contributed by atoms with Crippen molar-refractivity contribution in [2.24, 2.45) is 10.9 Å². The Bertz CT molecular complexity index is 2100. The van der Waals surface area contributed by atoms with E-state index in [-0.39, 0.29) is 5.92 Å². The van der Waals surface area contributed by atoms with E-state index in [1.807, 2.05) is 6.21 Å². The molecule has 1 heterocycles. The minimum atomic E-state index is -0.401. The molecule has 0 saturated heterocycles. The molecule has 47 heavy (non-hydrogen) atoms. The van der Waals surface area contributed by atoms with Gasteiger partial charge in [-0.05, 0) is 100 Å². The highest BCUT2D eigenvalue weighted by atomic mass is 15.1. The van der Waals surface area contributed by atoms with Gasteiger partial charge >= 0.3 is 0 Å². The Kier molecular flexibility index (Phi) is 7.47. The Hall–Kier alpha value is -5.73. The lowest BCUT2D eigenvalue weighted by Crippen LogP contribution is -2.42. The first kappa shape index (κ1) is 28.7. The van der Waals surface area contributed by atoms with Crippen LogP contribution in [0, 0.1) is 5.92 Å². The monoisotopic (exact) mass is 604 g/mol. The molecule has 0 radical (unpaired) electrons. The SMILES string of the molecule is CC1=C2/C=C\C=NC=C1C(c1ccccc1)(C1C=CC(N(c3ccccc3)c3ccc(-c4ccccc4)cc3)=CC1)c1ccccc12. The summed E-state index contributed by atoms with van der Waals surface area (Å²) in [7, 11) is 0. The van der Waals surface area contributed by atoms with E-state index in [0.717, 1.165) is 17.8 Å². The minimum Gasteiger partial charge on any atom is -0.311 e. The maximum Gasteiger partial charge on any atom is 0.0540 e. The molecule has 0 spiro atoms. The van der Waals surface area contributed by atoms with Crippen LogP contribution in [0.5, 0.6) is 0 Å². The zero-order chi connectivity index (χ0) is 31.6. The van der Waals surface area contributed by atoms with E-state index in [2.05, 4.69) is 188 Å². The fraction of sp³-hybridized carbons (Fsp3) is 0.0889. The Morgan fingerprint density at radius 1 is 0.660 bits per heavy atom. The van der Waals surface area contributed by atoms with Crippen molar-refractivity contribution in [2.45, 2.75) is 18.8 Å². The lowest BCUT2D eigenvalue weighted by atomic mass is 9.55. The molecule has 0 fully saturated rings. The van der Waals surface area contributed by atoms with Gasteiger partial charge in [0.15, 0.2) is 0 Å². The molecule has 2 bridgehead atoms.